The van der Waals surface area contributed by atoms with E-state index >= 15 is 0 Å². The predicted octanol–water partition coefficient (Wildman–Crippen LogP) is 6.63. The smallest absolute Gasteiger partial charge is 0.232 e. The molecule has 3 aromatic rings. The van der Waals surface area contributed by atoms with Crippen LogP contribution in [0.25, 0.3) is 22.4 Å². The summed E-state index contributed by atoms with van der Waals surface area (Å²) < 4.78 is 0. The van der Waals surface area contributed by atoms with Crippen molar-refractivity contribution in [3.8, 4) is 22.4 Å². The molecule has 3 nitrogen and oxygen atoms in total. The molecule has 1 heterocycles. The van der Waals surface area contributed by atoms with E-state index in [-0.39, 0.29) is 11.3 Å². The number of rotatable bonds is 4. The Morgan fingerprint density at radius 1 is 0.833 bits per heavy atom. The van der Waals surface area contributed by atoms with Gasteiger partial charge in [-0.2, -0.15) is 0 Å². The number of hydrogen-bond acceptors (Lipinski definition) is 3. The van der Waals surface area contributed by atoms with E-state index in [2.05, 4.69) is 53.8 Å². The van der Waals surface area contributed by atoms with Crippen LogP contribution >= 0.6 is 11.3 Å². The van der Waals surface area contributed by atoms with Gasteiger partial charge in [0.2, 0.25) is 5.91 Å². The first-order chi connectivity index (χ1) is 14.7. The van der Waals surface area contributed by atoms with E-state index in [0.717, 1.165) is 53.4 Å². The molecule has 30 heavy (non-hydrogen) atoms. The molecule has 0 radical (unpaired) electrons. The zero-order valence-electron chi connectivity index (χ0n) is 17.0. The molecule has 0 aliphatic heterocycles. The third-order valence-electron chi connectivity index (χ3n) is 7.53. The second kappa shape index (κ2) is 7.05. The van der Waals surface area contributed by atoms with Crippen molar-refractivity contribution in [1.82, 2.24) is 4.98 Å². The SMILES string of the molecule is O=C(Nc1nc(-c2ccc(-c3ccccc3)cc2)cs1)C12CC3CC(CC(C3)C1)C2. The van der Waals surface area contributed by atoms with Crippen LogP contribution in [0.2, 0.25) is 0 Å². The lowest BCUT2D eigenvalue weighted by Crippen LogP contribution is -2.51. The molecule has 0 saturated heterocycles. The Bertz CT molecular complexity index is 1030. The van der Waals surface area contributed by atoms with Crippen LogP contribution in [0, 0.1) is 23.2 Å². The van der Waals surface area contributed by atoms with Gasteiger partial charge < -0.3 is 5.32 Å². The van der Waals surface area contributed by atoms with Gasteiger partial charge in [0, 0.05) is 10.9 Å². The zero-order valence-corrected chi connectivity index (χ0v) is 17.8. The van der Waals surface area contributed by atoms with Crippen LogP contribution < -0.4 is 5.32 Å². The van der Waals surface area contributed by atoms with Gasteiger partial charge in [0.05, 0.1) is 11.1 Å². The maximum absolute atomic E-state index is 13.3. The molecule has 4 fully saturated rings. The summed E-state index contributed by atoms with van der Waals surface area (Å²) in [6.07, 6.45) is 7.32. The maximum Gasteiger partial charge on any atom is 0.232 e. The van der Waals surface area contributed by atoms with Crippen molar-refractivity contribution in [2.75, 3.05) is 5.32 Å². The van der Waals surface area contributed by atoms with Gasteiger partial charge in [-0.1, -0.05) is 54.6 Å². The topological polar surface area (TPSA) is 42.0 Å². The van der Waals surface area contributed by atoms with Crippen molar-refractivity contribution in [3.63, 3.8) is 0 Å². The highest BCUT2D eigenvalue weighted by Gasteiger charge is 2.54. The summed E-state index contributed by atoms with van der Waals surface area (Å²) in [6, 6.07) is 18.9. The predicted molar refractivity (Wildman–Crippen MR) is 122 cm³/mol. The van der Waals surface area contributed by atoms with Crippen molar-refractivity contribution in [2.24, 2.45) is 23.2 Å². The van der Waals surface area contributed by atoms with Crippen LogP contribution in [-0.4, -0.2) is 10.9 Å². The summed E-state index contributed by atoms with van der Waals surface area (Å²) in [6.45, 7) is 0. The van der Waals surface area contributed by atoms with E-state index in [1.54, 1.807) is 0 Å². The summed E-state index contributed by atoms with van der Waals surface area (Å²) in [5.41, 5.74) is 4.30. The van der Waals surface area contributed by atoms with Gasteiger partial charge in [-0.3, -0.25) is 4.79 Å². The van der Waals surface area contributed by atoms with E-state index < -0.39 is 0 Å². The van der Waals surface area contributed by atoms with E-state index in [4.69, 9.17) is 4.98 Å². The molecule has 1 N–H and O–H groups in total. The number of carbonyl (C=O) groups excluding carboxylic acids is 1. The molecule has 4 saturated carbocycles. The monoisotopic (exact) mass is 414 g/mol. The van der Waals surface area contributed by atoms with E-state index in [1.807, 2.05) is 11.4 Å². The number of thiazole rings is 1. The molecule has 4 aliphatic carbocycles. The Morgan fingerprint density at radius 2 is 1.40 bits per heavy atom. The van der Waals surface area contributed by atoms with Crippen LogP contribution in [0.15, 0.2) is 60.0 Å². The molecule has 2 aromatic carbocycles. The van der Waals surface area contributed by atoms with Gasteiger partial charge in [0.15, 0.2) is 5.13 Å². The first kappa shape index (κ1) is 18.3. The third-order valence-corrected chi connectivity index (χ3v) is 8.29. The first-order valence-electron chi connectivity index (χ1n) is 11.1. The highest BCUT2D eigenvalue weighted by Crippen LogP contribution is 2.60. The quantitative estimate of drug-likeness (QED) is 0.520. The number of anilines is 1. The van der Waals surface area contributed by atoms with Crippen molar-refractivity contribution in [3.05, 3.63) is 60.0 Å². The third kappa shape index (κ3) is 3.18. The van der Waals surface area contributed by atoms with E-state index in [1.165, 1.54) is 41.7 Å². The molecule has 152 valence electrons. The second-order valence-corrected chi connectivity index (χ2v) is 10.5. The normalized spacial score (nSPS) is 29.1. The Balaban J connectivity index is 1.18. The van der Waals surface area contributed by atoms with Crippen molar-refractivity contribution in [2.45, 2.75) is 38.5 Å². The first-order valence-corrected chi connectivity index (χ1v) is 12.0. The second-order valence-electron chi connectivity index (χ2n) is 9.63. The van der Waals surface area contributed by atoms with Crippen LogP contribution in [0.4, 0.5) is 5.13 Å². The van der Waals surface area contributed by atoms with Crippen molar-refractivity contribution in [1.29, 1.82) is 0 Å². The maximum atomic E-state index is 13.3. The van der Waals surface area contributed by atoms with E-state index in [0.29, 0.717) is 0 Å². The average Bonchev–Trinajstić information content (AvgIpc) is 3.22. The summed E-state index contributed by atoms with van der Waals surface area (Å²) in [5.74, 6) is 2.55. The van der Waals surface area contributed by atoms with Crippen LogP contribution in [0.1, 0.15) is 38.5 Å². The van der Waals surface area contributed by atoms with Gasteiger partial charge in [-0.15, -0.1) is 11.3 Å². The fraction of sp³-hybridized carbons (Fsp3) is 0.385. The Kier molecular flexibility index (Phi) is 4.31. The number of nitrogens with one attached hydrogen (secondary N) is 1. The molecule has 0 atom stereocenters. The molecule has 0 spiro atoms. The van der Waals surface area contributed by atoms with Crippen LogP contribution in [0.3, 0.4) is 0 Å². The molecular formula is C26H26N2OS. The van der Waals surface area contributed by atoms with Crippen LogP contribution in [-0.2, 0) is 4.79 Å². The molecule has 1 aromatic heterocycles. The molecule has 4 heteroatoms. The molecule has 0 unspecified atom stereocenters. The number of aromatic nitrogens is 1. The fourth-order valence-corrected chi connectivity index (χ4v) is 7.26. The lowest BCUT2D eigenvalue weighted by atomic mass is 9.49. The summed E-state index contributed by atoms with van der Waals surface area (Å²) in [7, 11) is 0. The van der Waals surface area contributed by atoms with Gasteiger partial charge in [-0.25, -0.2) is 4.98 Å². The highest BCUT2D eigenvalue weighted by molar-refractivity contribution is 7.14. The average molecular weight is 415 g/mol. The zero-order chi connectivity index (χ0) is 20.1. The minimum Gasteiger partial charge on any atom is -0.301 e. The summed E-state index contributed by atoms with van der Waals surface area (Å²) >= 11 is 1.53. The largest absolute Gasteiger partial charge is 0.301 e. The van der Waals surface area contributed by atoms with Gasteiger partial charge >= 0.3 is 0 Å². The summed E-state index contributed by atoms with van der Waals surface area (Å²) in [4.78, 5) is 18.0. The molecule has 4 aliphatic rings. The van der Waals surface area contributed by atoms with E-state index in [9.17, 15) is 4.79 Å². The molecular weight excluding hydrogens is 388 g/mol. The lowest BCUT2D eigenvalue weighted by Gasteiger charge is -2.55. The van der Waals surface area contributed by atoms with Crippen LogP contribution in [0.5, 0.6) is 0 Å². The highest BCUT2D eigenvalue weighted by atomic mass is 32.1. The number of carbonyl (C=O) groups is 1. The van der Waals surface area contributed by atoms with Gasteiger partial charge in [-0.05, 0) is 67.4 Å². The molecule has 4 bridgehead atoms. The Hall–Kier alpha value is -2.46. The molecule has 1 amide bonds. The number of nitrogens with zero attached hydrogens (tertiary/aromatic N) is 1. The molecule has 7 rings (SSSR count). The number of amides is 1. The number of hydrogen-bond donors (Lipinski definition) is 1. The Morgan fingerprint density at radius 3 is 2.03 bits per heavy atom. The number of benzene rings is 2. The lowest BCUT2D eigenvalue weighted by molar-refractivity contribution is -0.140. The minimum absolute atomic E-state index is 0.127. The Labute approximate surface area is 181 Å². The van der Waals surface area contributed by atoms with Crippen molar-refractivity contribution < 1.29 is 4.79 Å². The fourth-order valence-electron chi connectivity index (χ4n) is 6.55. The standard InChI is InChI=1S/C26H26N2OS/c29-24(26-13-17-10-18(14-26)12-19(11-17)15-26)28-25-27-23(16-30-25)22-8-6-21(7-9-22)20-4-2-1-3-5-20/h1-9,16-19H,10-15H2,(H,27,28,29). The minimum atomic E-state index is -0.127. The van der Waals surface area contributed by atoms with Crippen molar-refractivity contribution >= 4 is 22.4 Å². The van der Waals surface area contributed by atoms with Gasteiger partial charge in [0.1, 0.15) is 0 Å². The summed E-state index contributed by atoms with van der Waals surface area (Å²) in [5, 5.41) is 5.98. The van der Waals surface area contributed by atoms with Gasteiger partial charge in [0.25, 0.3) is 0 Å².